The topological polar surface area (TPSA) is 87.5 Å². The highest BCUT2D eigenvalue weighted by Crippen LogP contribution is 2.32. The van der Waals surface area contributed by atoms with Crippen LogP contribution in [0.2, 0.25) is 0 Å². The summed E-state index contributed by atoms with van der Waals surface area (Å²) in [6, 6.07) is 8.46. The van der Waals surface area contributed by atoms with Gasteiger partial charge in [0.2, 0.25) is 0 Å². The maximum Gasteiger partial charge on any atom is 0.128 e. The van der Waals surface area contributed by atoms with Crippen LogP contribution in [0.15, 0.2) is 72.7 Å². The second kappa shape index (κ2) is 11.3. The molecule has 9 heteroatoms. The second-order valence-corrected chi connectivity index (χ2v) is 9.37. The molecule has 196 valence electrons. The van der Waals surface area contributed by atoms with Crippen molar-refractivity contribution in [3.8, 4) is 40.7 Å². The van der Waals surface area contributed by atoms with E-state index in [-0.39, 0.29) is 0 Å². The first-order chi connectivity index (χ1) is 19.0. The Balaban J connectivity index is 1.36. The normalized spacial score (nSPS) is 14.8. The van der Waals surface area contributed by atoms with Gasteiger partial charge in [0.1, 0.15) is 17.6 Å². The Bertz CT molecular complexity index is 1620. The SMILES string of the molecule is C#C/C=C(CN1CCN(c2ccc(-c3cc(-c4cnn(C)c4)cn4ncc(C#N)c34)cn2)CC1)\C(=C/C)OC. The lowest BCUT2D eigenvalue weighted by Gasteiger charge is -2.35. The van der Waals surface area contributed by atoms with Gasteiger partial charge >= 0.3 is 0 Å². The maximum absolute atomic E-state index is 9.70. The molecule has 0 amide bonds. The average molecular weight is 519 g/mol. The van der Waals surface area contributed by atoms with Gasteiger partial charge in [0, 0.05) is 86.2 Å². The van der Waals surface area contributed by atoms with E-state index in [4.69, 9.17) is 16.1 Å². The van der Waals surface area contributed by atoms with Gasteiger partial charge in [0.05, 0.1) is 30.6 Å². The van der Waals surface area contributed by atoms with Crippen LogP contribution in [0.25, 0.3) is 27.8 Å². The summed E-state index contributed by atoms with van der Waals surface area (Å²) >= 11 is 0. The molecule has 0 radical (unpaired) electrons. The fourth-order valence-corrected chi connectivity index (χ4v) is 4.99. The zero-order valence-electron chi connectivity index (χ0n) is 22.4. The first kappa shape index (κ1) is 25.8. The number of anilines is 1. The summed E-state index contributed by atoms with van der Waals surface area (Å²) in [4.78, 5) is 9.48. The van der Waals surface area contributed by atoms with Crippen LogP contribution in [-0.2, 0) is 11.8 Å². The van der Waals surface area contributed by atoms with Gasteiger partial charge < -0.3 is 9.64 Å². The van der Waals surface area contributed by atoms with Crippen LogP contribution >= 0.6 is 0 Å². The molecule has 1 saturated heterocycles. The number of ether oxygens (including phenoxy) is 1. The Kier molecular flexibility index (Phi) is 7.44. The standard InChI is InChI=1S/C30H30N8O/c1-5-7-23(28(6-2)39-4)20-36-10-12-37(13-11-36)29-9-8-22(16-32-29)27-14-24(26-18-33-35(3)19-26)21-38-30(27)25(15-31)17-34-38/h1,6-9,14,16-19,21H,10-13,20H2,2-4H3/b23-7-,28-6+. The Labute approximate surface area is 228 Å². The zero-order chi connectivity index (χ0) is 27.4. The maximum atomic E-state index is 9.70. The van der Waals surface area contributed by atoms with Crippen molar-refractivity contribution in [2.24, 2.45) is 7.05 Å². The van der Waals surface area contributed by atoms with Crippen LogP contribution in [-0.4, -0.2) is 69.1 Å². The largest absolute Gasteiger partial charge is 0.497 e. The molecule has 0 spiro atoms. The summed E-state index contributed by atoms with van der Waals surface area (Å²) in [7, 11) is 3.56. The molecule has 0 aromatic carbocycles. The third-order valence-electron chi connectivity index (χ3n) is 6.98. The number of aryl methyl sites for hydroxylation is 1. The highest BCUT2D eigenvalue weighted by atomic mass is 16.5. The van der Waals surface area contributed by atoms with Crippen LogP contribution in [0, 0.1) is 23.7 Å². The van der Waals surface area contributed by atoms with Gasteiger partial charge in [-0.3, -0.25) is 9.58 Å². The molecule has 5 heterocycles. The minimum atomic E-state index is 0.524. The first-order valence-corrected chi connectivity index (χ1v) is 12.7. The molecule has 9 nitrogen and oxygen atoms in total. The minimum absolute atomic E-state index is 0.524. The fourth-order valence-electron chi connectivity index (χ4n) is 4.99. The quantitative estimate of drug-likeness (QED) is 0.208. The Morgan fingerprint density at radius 3 is 2.51 bits per heavy atom. The van der Waals surface area contributed by atoms with Crippen molar-refractivity contribution in [1.29, 1.82) is 5.26 Å². The van der Waals surface area contributed by atoms with E-state index in [2.05, 4.69) is 44.1 Å². The van der Waals surface area contributed by atoms with Crippen LogP contribution in [0.4, 0.5) is 5.82 Å². The van der Waals surface area contributed by atoms with E-state index >= 15 is 0 Å². The van der Waals surface area contributed by atoms with Crippen LogP contribution in [0.1, 0.15) is 12.5 Å². The highest BCUT2D eigenvalue weighted by molar-refractivity contribution is 5.87. The summed E-state index contributed by atoms with van der Waals surface area (Å²) in [5.74, 6) is 4.37. The molecule has 39 heavy (non-hydrogen) atoms. The van der Waals surface area contributed by atoms with Crippen molar-refractivity contribution in [3.05, 3.63) is 78.2 Å². The van der Waals surface area contributed by atoms with Crippen LogP contribution in [0.3, 0.4) is 0 Å². The lowest BCUT2D eigenvalue weighted by atomic mass is 10.0. The highest BCUT2D eigenvalue weighted by Gasteiger charge is 2.21. The van der Waals surface area contributed by atoms with Crippen molar-refractivity contribution in [1.82, 2.24) is 29.3 Å². The van der Waals surface area contributed by atoms with Crippen molar-refractivity contribution in [2.75, 3.05) is 44.7 Å². The number of hydrogen-bond donors (Lipinski definition) is 0. The molecule has 4 aromatic heterocycles. The van der Waals surface area contributed by atoms with E-state index in [1.807, 2.05) is 50.9 Å². The van der Waals surface area contributed by atoms with Gasteiger partial charge in [-0.1, -0.05) is 5.92 Å². The number of allylic oxidation sites excluding steroid dienone is 2. The number of nitrogens with zero attached hydrogens (tertiary/aromatic N) is 8. The van der Waals surface area contributed by atoms with Crippen molar-refractivity contribution >= 4 is 11.3 Å². The molecule has 1 aliphatic heterocycles. The van der Waals surface area contributed by atoms with E-state index in [1.54, 1.807) is 28.6 Å². The Morgan fingerprint density at radius 2 is 1.90 bits per heavy atom. The number of rotatable bonds is 7. The molecule has 0 aliphatic carbocycles. The number of methoxy groups -OCH3 is 1. The van der Waals surface area contributed by atoms with Gasteiger partial charge in [-0.05, 0) is 37.3 Å². The van der Waals surface area contributed by atoms with E-state index in [0.29, 0.717) is 5.56 Å². The Morgan fingerprint density at radius 1 is 1.08 bits per heavy atom. The zero-order valence-corrected chi connectivity index (χ0v) is 22.4. The summed E-state index contributed by atoms with van der Waals surface area (Å²) in [5, 5.41) is 18.4. The summed E-state index contributed by atoms with van der Waals surface area (Å²) in [6.45, 7) is 6.19. The predicted molar refractivity (Wildman–Crippen MR) is 152 cm³/mol. The lowest BCUT2D eigenvalue weighted by molar-refractivity contribution is 0.256. The molecule has 5 rings (SSSR count). The smallest absolute Gasteiger partial charge is 0.128 e. The predicted octanol–water partition coefficient (Wildman–Crippen LogP) is 3.90. The van der Waals surface area contributed by atoms with E-state index in [0.717, 1.165) is 77.6 Å². The number of nitriles is 1. The van der Waals surface area contributed by atoms with E-state index < -0.39 is 0 Å². The number of hydrogen-bond acceptors (Lipinski definition) is 7. The van der Waals surface area contributed by atoms with E-state index in [9.17, 15) is 5.26 Å². The molecule has 1 fully saturated rings. The number of fused-ring (bicyclic) bond motifs is 1. The molecular weight excluding hydrogens is 488 g/mol. The second-order valence-electron chi connectivity index (χ2n) is 9.37. The molecule has 0 atom stereocenters. The Hall–Kier alpha value is -4.86. The first-order valence-electron chi connectivity index (χ1n) is 12.7. The van der Waals surface area contributed by atoms with Gasteiger partial charge in [0.25, 0.3) is 0 Å². The third-order valence-corrected chi connectivity index (χ3v) is 6.98. The summed E-state index contributed by atoms with van der Waals surface area (Å²) < 4.78 is 9.01. The molecular formula is C30H30N8O. The summed E-state index contributed by atoms with van der Waals surface area (Å²) in [5.41, 5.74) is 6.06. The molecule has 4 aromatic rings. The van der Waals surface area contributed by atoms with Crippen LogP contribution < -0.4 is 4.90 Å². The average Bonchev–Trinajstić information content (AvgIpc) is 3.60. The van der Waals surface area contributed by atoms with Crippen LogP contribution in [0.5, 0.6) is 0 Å². The fraction of sp³-hybridized carbons (Fsp3) is 0.267. The van der Waals surface area contributed by atoms with Crippen molar-refractivity contribution < 1.29 is 4.74 Å². The minimum Gasteiger partial charge on any atom is -0.497 e. The number of terminal acetylenes is 1. The molecule has 1 aliphatic rings. The van der Waals surface area contributed by atoms with Crippen molar-refractivity contribution in [3.63, 3.8) is 0 Å². The number of aromatic nitrogens is 5. The van der Waals surface area contributed by atoms with E-state index in [1.165, 1.54) is 0 Å². The summed E-state index contributed by atoms with van der Waals surface area (Å²) in [6.07, 6.45) is 18.4. The number of pyridine rings is 2. The molecule has 0 saturated carbocycles. The molecule has 0 bridgehead atoms. The molecule has 0 N–H and O–H groups in total. The van der Waals surface area contributed by atoms with Crippen molar-refractivity contribution in [2.45, 2.75) is 6.92 Å². The van der Waals surface area contributed by atoms with Gasteiger partial charge in [-0.15, -0.1) is 6.42 Å². The van der Waals surface area contributed by atoms with Gasteiger partial charge in [0.15, 0.2) is 0 Å². The molecule has 0 unspecified atom stereocenters. The third kappa shape index (κ3) is 5.26. The van der Waals surface area contributed by atoms with Gasteiger partial charge in [-0.25, -0.2) is 9.50 Å². The van der Waals surface area contributed by atoms with Gasteiger partial charge in [-0.2, -0.15) is 15.5 Å². The lowest BCUT2D eigenvalue weighted by Crippen LogP contribution is -2.47. The number of piperazine rings is 1. The monoisotopic (exact) mass is 518 g/mol.